The Balaban J connectivity index is 3.56. The van der Waals surface area contributed by atoms with Gasteiger partial charge in [0.25, 0.3) is 0 Å². The van der Waals surface area contributed by atoms with Crippen molar-refractivity contribution in [3.8, 4) is 11.5 Å². The summed E-state index contributed by atoms with van der Waals surface area (Å²) in [5.41, 5.74) is 7.05. The maximum absolute atomic E-state index is 14.0. The van der Waals surface area contributed by atoms with Crippen molar-refractivity contribution in [2.45, 2.75) is 13.8 Å². The van der Waals surface area contributed by atoms with Crippen LogP contribution in [0.15, 0.2) is 6.08 Å². The first-order chi connectivity index (χ1) is 8.08. The zero-order valence-corrected chi connectivity index (χ0v) is 10.6. The third-order valence-electron chi connectivity index (χ3n) is 2.68. The highest BCUT2D eigenvalue weighted by Crippen LogP contribution is 2.39. The zero-order chi connectivity index (χ0) is 13.0. The van der Waals surface area contributed by atoms with E-state index in [2.05, 4.69) is 0 Å². The monoisotopic (exact) mass is 239 g/mol. The summed E-state index contributed by atoms with van der Waals surface area (Å²) >= 11 is 0. The van der Waals surface area contributed by atoms with Gasteiger partial charge in [0.1, 0.15) is 5.82 Å². The molecule has 0 unspecified atom stereocenters. The van der Waals surface area contributed by atoms with E-state index in [0.717, 1.165) is 0 Å². The lowest BCUT2D eigenvalue weighted by molar-refractivity contribution is 0.348. The summed E-state index contributed by atoms with van der Waals surface area (Å²) in [6, 6.07) is 0. The third-order valence-corrected chi connectivity index (χ3v) is 2.68. The molecule has 2 N–H and O–H groups in total. The Bertz CT molecular complexity index is 442. The average molecular weight is 239 g/mol. The van der Waals surface area contributed by atoms with Crippen molar-refractivity contribution >= 4 is 6.08 Å². The van der Waals surface area contributed by atoms with Crippen molar-refractivity contribution < 1.29 is 13.9 Å². The Labute approximate surface area is 101 Å². The molecule has 0 amide bonds. The van der Waals surface area contributed by atoms with Gasteiger partial charge >= 0.3 is 0 Å². The first-order valence-electron chi connectivity index (χ1n) is 5.35. The Hall–Kier alpha value is -1.55. The second-order valence-electron chi connectivity index (χ2n) is 3.68. The molecule has 0 aliphatic rings. The molecule has 0 atom stereocenters. The van der Waals surface area contributed by atoms with Crippen LogP contribution in [0.1, 0.15) is 16.7 Å². The summed E-state index contributed by atoms with van der Waals surface area (Å²) in [5, 5.41) is 0. The van der Waals surface area contributed by atoms with Gasteiger partial charge in [-0.1, -0.05) is 12.2 Å². The molecule has 0 radical (unpaired) electrons. The average Bonchev–Trinajstić information content (AvgIpc) is 2.34. The van der Waals surface area contributed by atoms with Crippen LogP contribution >= 0.6 is 0 Å². The molecule has 1 aromatic rings. The summed E-state index contributed by atoms with van der Waals surface area (Å²) < 4.78 is 24.5. The first-order valence-corrected chi connectivity index (χ1v) is 5.35. The van der Waals surface area contributed by atoms with E-state index in [1.54, 1.807) is 26.0 Å². The Kier molecular flexibility index (Phi) is 4.52. The van der Waals surface area contributed by atoms with Crippen LogP contribution < -0.4 is 15.2 Å². The molecule has 0 aliphatic carbocycles. The molecule has 0 saturated heterocycles. The first kappa shape index (κ1) is 13.5. The summed E-state index contributed by atoms with van der Waals surface area (Å²) in [5.74, 6) is 0.681. The van der Waals surface area contributed by atoms with Gasteiger partial charge in [0, 0.05) is 17.7 Å². The number of benzene rings is 1. The lowest BCUT2D eigenvalue weighted by Crippen LogP contribution is -2.02. The van der Waals surface area contributed by atoms with Crippen molar-refractivity contribution in [3.05, 3.63) is 28.6 Å². The molecule has 3 nitrogen and oxygen atoms in total. The maximum atomic E-state index is 14.0. The highest BCUT2D eigenvalue weighted by molar-refractivity contribution is 5.68. The van der Waals surface area contributed by atoms with Gasteiger partial charge in [-0.25, -0.2) is 4.39 Å². The van der Waals surface area contributed by atoms with E-state index >= 15 is 0 Å². The zero-order valence-electron chi connectivity index (χ0n) is 10.6. The van der Waals surface area contributed by atoms with Crippen LogP contribution in [0, 0.1) is 19.7 Å². The van der Waals surface area contributed by atoms with Crippen molar-refractivity contribution in [2.75, 3.05) is 20.8 Å². The van der Waals surface area contributed by atoms with E-state index in [-0.39, 0.29) is 5.82 Å². The number of hydrogen-bond donors (Lipinski definition) is 1. The van der Waals surface area contributed by atoms with Crippen molar-refractivity contribution in [1.29, 1.82) is 0 Å². The third kappa shape index (κ3) is 2.42. The van der Waals surface area contributed by atoms with Gasteiger partial charge in [0.15, 0.2) is 11.5 Å². The number of rotatable bonds is 4. The molecular formula is C13H18FNO2. The molecule has 94 valence electrons. The second kappa shape index (κ2) is 5.68. The van der Waals surface area contributed by atoms with E-state index in [1.807, 2.05) is 0 Å². The standard InChI is InChI=1S/C13H18FNO2/c1-8-10(6-5-7-15)13(17-4)12(16-3)9(2)11(8)14/h5-6H,7,15H2,1-4H3/b6-5+. The molecule has 0 heterocycles. The van der Waals surface area contributed by atoms with Gasteiger partial charge in [0.05, 0.1) is 14.2 Å². The minimum Gasteiger partial charge on any atom is -0.492 e. The maximum Gasteiger partial charge on any atom is 0.168 e. The SMILES string of the molecule is COc1c(C)c(F)c(C)c(/C=C/CN)c1OC. The molecular weight excluding hydrogens is 221 g/mol. The molecule has 0 fully saturated rings. The van der Waals surface area contributed by atoms with Gasteiger partial charge in [-0.2, -0.15) is 0 Å². The fraction of sp³-hybridized carbons (Fsp3) is 0.385. The number of ether oxygens (including phenoxy) is 2. The number of methoxy groups -OCH3 is 2. The molecule has 1 aromatic carbocycles. The lowest BCUT2D eigenvalue weighted by atomic mass is 10.0. The minimum atomic E-state index is -0.278. The van der Waals surface area contributed by atoms with Crippen LogP contribution in [0.25, 0.3) is 6.08 Å². The van der Waals surface area contributed by atoms with Crippen LogP contribution in [-0.2, 0) is 0 Å². The van der Waals surface area contributed by atoms with Crippen LogP contribution in [0.3, 0.4) is 0 Å². The van der Waals surface area contributed by atoms with Crippen molar-refractivity contribution in [1.82, 2.24) is 0 Å². The van der Waals surface area contributed by atoms with Crippen LogP contribution in [0.4, 0.5) is 4.39 Å². The van der Waals surface area contributed by atoms with E-state index in [9.17, 15) is 4.39 Å². The van der Waals surface area contributed by atoms with Gasteiger partial charge in [0.2, 0.25) is 0 Å². The van der Waals surface area contributed by atoms with Gasteiger partial charge in [-0.15, -0.1) is 0 Å². The smallest absolute Gasteiger partial charge is 0.168 e. The highest BCUT2D eigenvalue weighted by Gasteiger charge is 2.19. The van der Waals surface area contributed by atoms with E-state index in [1.165, 1.54) is 14.2 Å². The van der Waals surface area contributed by atoms with Crippen LogP contribution in [0.5, 0.6) is 11.5 Å². The predicted molar refractivity (Wildman–Crippen MR) is 67.1 cm³/mol. The molecule has 0 aromatic heterocycles. The van der Waals surface area contributed by atoms with Gasteiger partial charge in [-0.05, 0) is 19.4 Å². The van der Waals surface area contributed by atoms with E-state index in [0.29, 0.717) is 34.7 Å². The molecule has 1 rings (SSSR count). The fourth-order valence-corrected chi connectivity index (χ4v) is 1.80. The van der Waals surface area contributed by atoms with Crippen molar-refractivity contribution in [3.63, 3.8) is 0 Å². The summed E-state index contributed by atoms with van der Waals surface area (Å²) in [6.07, 6.45) is 3.50. The number of hydrogen-bond acceptors (Lipinski definition) is 3. The van der Waals surface area contributed by atoms with Gasteiger partial charge < -0.3 is 15.2 Å². The Morgan fingerprint density at radius 2 is 1.71 bits per heavy atom. The Morgan fingerprint density at radius 1 is 1.12 bits per heavy atom. The summed E-state index contributed by atoms with van der Waals surface area (Å²) in [4.78, 5) is 0. The molecule has 0 spiro atoms. The molecule has 0 saturated carbocycles. The minimum absolute atomic E-state index is 0.278. The number of halogens is 1. The molecule has 4 heteroatoms. The van der Waals surface area contributed by atoms with Crippen LogP contribution in [0.2, 0.25) is 0 Å². The normalized spacial score (nSPS) is 10.9. The topological polar surface area (TPSA) is 44.5 Å². The second-order valence-corrected chi connectivity index (χ2v) is 3.68. The highest BCUT2D eigenvalue weighted by atomic mass is 19.1. The lowest BCUT2D eigenvalue weighted by Gasteiger charge is -2.16. The number of nitrogens with two attached hydrogens (primary N) is 1. The molecule has 17 heavy (non-hydrogen) atoms. The quantitative estimate of drug-likeness (QED) is 0.877. The Morgan fingerprint density at radius 3 is 2.18 bits per heavy atom. The molecule has 0 aliphatic heterocycles. The summed E-state index contributed by atoms with van der Waals surface area (Å²) in [7, 11) is 3.03. The predicted octanol–water partition coefficient (Wildman–Crippen LogP) is 2.43. The van der Waals surface area contributed by atoms with E-state index < -0.39 is 0 Å². The van der Waals surface area contributed by atoms with Crippen LogP contribution in [-0.4, -0.2) is 20.8 Å². The van der Waals surface area contributed by atoms with Gasteiger partial charge in [-0.3, -0.25) is 0 Å². The van der Waals surface area contributed by atoms with E-state index in [4.69, 9.17) is 15.2 Å². The fourth-order valence-electron chi connectivity index (χ4n) is 1.80. The van der Waals surface area contributed by atoms with Crippen molar-refractivity contribution in [2.24, 2.45) is 5.73 Å². The summed E-state index contributed by atoms with van der Waals surface area (Å²) in [6.45, 7) is 3.76. The largest absolute Gasteiger partial charge is 0.492 e. The molecule has 0 bridgehead atoms.